The number of benzene rings is 1. The van der Waals surface area contributed by atoms with Crippen molar-refractivity contribution >= 4 is 6.08 Å². The number of halogens is 1. The molecule has 0 spiro atoms. The number of hydrogen-bond acceptors (Lipinski definition) is 2. The zero-order valence-corrected chi connectivity index (χ0v) is 15.0. The average molecular weight is 351 g/mol. The average Bonchev–Trinajstić information content (AvgIpc) is 2.67. The van der Waals surface area contributed by atoms with Crippen molar-refractivity contribution in [1.29, 1.82) is 0 Å². The summed E-state index contributed by atoms with van der Waals surface area (Å²) in [5.74, 6) is 1.61. The normalized spacial score (nSPS) is 28.8. The number of aromatic nitrogens is 1. The third kappa shape index (κ3) is 3.73. The molecule has 1 heterocycles. The zero-order valence-electron chi connectivity index (χ0n) is 15.0. The molecule has 1 aromatic heterocycles. The molecular weight excluding hydrogens is 325 g/mol. The fourth-order valence-electron chi connectivity index (χ4n) is 4.83. The van der Waals surface area contributed by atoms with Crippen molar-refractivity contribution < 1.29 is 9.50 Å². The molecule has 2 fully saturated rings. The Morgan fingerprint density at radius 3 is 2.69 bits per heavy atom. The second-order valence-electron chi connectivity index (χ2n) is 7.81. The summed E-state index contributed by atoms with van der Waals surface area (Å²) in [6.07, 6.45) is 12.9. The first kappa shape index (κ1) is 17.4. The number of rotatable bonds is 3. The number of nitrogens with zero attached hydrogens (tertiary/aromatic N) is 1. The van der Waals surface area contributed by atoms with Crippen LogP contribution in [0.3, 0.4) is 0 Å². The van der Waals surface area contributed by atoms with Gasteiger partial charge in [-0.15, -0.1) is 0 Å². The minimum atomic E-state index is -0.225. The summed E-state index contributed by atoms with van der Waals surface area (Å²) in [4.78, 5) is 4.49. The molecule has 2 saturated carbocycles. The first-order valence-corrected chi connectivity index (χ1v) is 9.78. The van der Waals surface area contributed by atoms with Gasteiger partial charge in [-0.3, -0.25) is 4.98 Å². The first-order valence-electron chi connectivity index (χ1n) is 9.78. The summed E-state index contributed by atoms with van der Waals surface area (Å²) in [6.45, 7) is 0. The topological polar surface area (TPSA) is 33.1 Å². The van der Waals surface area contributed by atoms with Gasteiger partial charge in [0.15, 0.2) is 0 Å². The molecular formula is C23H26FNO. The molecule has 26 heavy (non-hydrogen) atoms. The van der Waals surface area contributed by atoms with Crippen molar-refractivity contribution in [2.75, 3.05) is 0 Å². The van der Waals surface area contributed by atoms with Crippen LogP contribution in [0.1, 0.15) is 44.2 Å². The highest BCUT2D eigenvalue weighted by Gasteiger charge is 2.37. The Kier molecular flexibility index (Phi) is 5.16. The number of pyridine rings is 1. The van der Waals surface area contributed by atoms with Gasteiger partial charge in [0.05, 0.1) is 11.8 Å². The van der Waals surface area contributed by atoms with Gasteiger partial charge in [0.2, 0.25) is 0 Å². The van der Waals surface area contributed by atoms with E-state index in [2.05, 4.69) is 17.1 Å². The standard InChI is InChI=1S/C23H26FNO/c24-23-8-4-3-7-22(23)18-10-12-19(25-15-18)11-9-17-14-20(26)13-16-5-1-2-6-21(16)17/h3-4,7-12,15-17,20-21,26H,1-2,5-6,13-14H2/t16-,17+,20-,21+/m0/s1. The van der Waals surface area contributed by atoms with Gasteiger partial charge in [-0.1, -0.05) is 49.6 Å². The fourth-order valence-corrected chi connectivity index (χ4v) is 4.83. The summed E-state index contributed by atoms with van der Waals surface area (Å²) in [6, 6.07) is 10.6. The summed E-state index contributed by atoms with van der Waals surface area (Å²) >= 11 is 0. The second kappa shape index (κ2) is 7.71. The van der Waals surface area contributed by atoms with Gasteiger partial charge in [0.25, 0.3) is 0 Å². The molecule has 2 aliphatic rings. The maximum atomic E-state index is 13.9. The SMILES string of the molecule is O[C@H]1C[C@@H]2CCCC[C@H]2[C@H](C=Cc2ccc(-c3ccccc3F)cn2)C1. The van der Waals surface area contributed by atoms with E-state index >= 15 is 0 Å². The molecule has 136 valence electrons. The van der Waals surface area contributed by atoms with E-state index in [1.165, 1.54) is 31.7 Å². The van der Waals surface area contributed by atoms with E-state index in [1.807, 2.05) is 18.2 Å². The fraction of sp³-hybridized carbons (Fsp3) is 0.435. The van der Waals surface area contributed by atoms with Gasteiger partial charge in [0.1, 0.15) is 5.82 Å². The molecule has 0 bridgehead atoms. The Hall–Kier alpha value is -2.00. The number of fused-ring (bicyclic) bond motifs is 1. The summed E-state index contributed by atoms with van der Waals surface area (Å²) in [7, 11) is 0. The second-order valence-corrected chi connectivity index (χ2v) is 7.81. The van der Waals surface area contributed by atoms with E-state index < -0.39 is 0 Å². The van der Waals surface area contributed by atoms with E-state index in [9.17, 15) is 9.50 Å². The van der Waals surface area contributed by atoms with Crippen LogP contribution in [-0.2, 0) is 0 Å². The van der Waals surface area contributed by atoms with Crippen LogP contribution in [0.4, 0.5) is 4.39 Å². The Morgan fingerprint density at radius 1 is 1.04 bits per heavy atom. The minimum Gasteiger partial charge on any atom is -0.393 e. The minimum absolute atomic E-state index is 0.166. The molecule has 1 aromatic carbocycles. The van der Waals surface area contributed by atoms with Crippen LogP contribution in [-0.4, -0.2) is 16.2 Å². The van der Waals surface area contributed by atoms with E-state index in [0.29, 0.717) is 23.3 Å². The van der Waals surface area contributed by atoms with Gasteiger partial charge >= 0.3 is 0 Å². The number of aliphatic hydroxyl groups is 1. The molecule has 0 amide bonds. The highest BCUT2D eigenvalue weighted by molar-refractivity contribution is 5.64. The zero-order chi connectivity index (χ0) is 17.9. The van der Waals surface area contributed by atoms with E-state index in [1.54, 1.807) is 18.3 Å². The van der Waals surface area contributed by atoms with Crippen LogP contribution < -0.4 is 0 Å². The molecule has 0 unspecified atom stereocenters. The van der Waals surface area contributed by atoms with Crippen molar-refractivity contribution in [3.8, 4) is 11.1 Å². The summed E-state index contributed by atoms with van der Waals surface area (Å²) < 4.78 is 13.9. The molecule has 0 radical (unpaired) electrons. The molecule has 2 aliphatic carbocycles. The Bertz CT molecular complexity index is 770. The van der Waals surface area contributed by atoms with Crippen molar-refractivity contribution in [3.63, 3.8) is 0 Å². The molecule has 0 saturated heterocycles. The van der Waals surface area contributed by atoms with Gasteiger partial charge < -0.3 is 5.11 Å². The van der Waals surface area contributed by atoms with Crippen molar-refractivity contribution in [2.24, 2.45) is 17.8 Å². The van der Waals surface area contributed by atoms with Gasteiger partial charge in [-0.05, 0) is 55.2 Å². The summed E-state index contributed by atoms with van der Waals surface area (Å²) in [5, 5.41) is 10.2. The Balaban J connectivity index is 1.49. The lowest BCUT2D eigenvalue weighted by Crippen LogP contribution is -2.36. The third-order valence-corrected chi connectivity index (χ3v) is 6.12. The predicted octanol–water partition coefficient (Wildman–Crippen LogP) is 5.48. The number of aliphatic hydroxyl groups excluding tert-OH is 1. The molecule has 2 aromatic rings. The van der Waals surface area contributed by atoms with Gasteiger partial charge in [0, 0.05) is 17.3 Å². The highest BCUT2D eigenvalue weighted by Crippen LogP contribution is 2.44. The van der Waals surface area contributed by atoms with E-state index in [0.717, 1.165) is 24.1 Å². The number of hydrogen-bond donors (Lipinski definition) is 1. The predicted molar refractivity (Wildman–Crippen MR) is 103 cm³/mol. The Morgan fingerprint density at radius 2 is 1.88 bits per heavy atom. The van der Waals surface area contributed by atoms with Crippen molar-refractivity contribution in [3.05, 3.63) is 60.2 Å². The lowest BCUT2D eigenvalue weighted by Gasteiger charge is -2.42. The largest absolute Gasteiger partial charge is 0.393 e. The van der Waals surface area contributed by atoms with Crippen LogP contribution in [0.15, 0.2) is 48.7 Å². The molecule has 3 heteroatoms. The van der Waals surface area contributed by atoms with Crippen molar-refractivity contribution in [2.45, 2.75) is 44.6 Å². The lowest BCUT2D eigenvalue weighted by molar-refractivity contribution is 0.0232. The smallest absolute Gasteiger partial charge is 0.131 e. The van der Waals surface area contributed by atoms with E-state index in [4.69, 9.17) is 0 Å². The maximum Gasteiger partial charge on any atom is 0.131 e. The molecule has 0 aliphatic heterocycles. The Labute approximate surface area is 154 Å². The summed E-state index contributed by atoms with van der Waals surface area (Å²) in [5.41, 5.74) is 2.26. The first-order chi connectivity index (χ1) is 12.7. The van der Waals surface area contributed by atoms with Crippen LogP contribution >= 0.6 is 0 Å². The molecule has 1 N–H and O–H groups in total. The van der Waals surface area contributed by atoms with Gasteiger partial charge in [-0.25, -0.2) is 4.39 Å². The molecule has 4 rings (SSSR count). The van der Waals surface area contributed by atoms with Gasteiger partial charge in [-0.2, -0.15) is 0 Å². The van der Waals surface area contributed by atoms with Crippen LogP contribution in [0.2, 0.25) is 0 Å². The lowest BCUT2D eigenvalue weighted by atomic mass is 9.64. The maximum absolute atomic E-state index is 13.9. The highest BCUT2D eigenvalue weighted by atomic mass is 19.1. The van der Waals surface area contributed by atoms with Crippen molar-refractivity contribution in [1.82, 2.24) is 4.98 Å². The van der Waals surface area contributed by atoms with E-state index in [-0.39, 0.29) is 11.9 Å². The van der Waals surface area contributed by atoms with Crippen LogP contribution in [0.5, 0.6) is 0 Å². The quantitative estimate of drug-likeness (QED) is 0.794. The van der Waals surface area contributed by atoms with Crippen LogP contribution in [0, 0.1) is 23.6 Å². The monoisotopic (exact) mass is 351 g/mol. The third-order valence-electron chi connectivity index (χ3n) is 6.12. The molecule has 2 nitrogen and oxygen atoms in total. The number of allylic oxidation sites excluding steroid dienone is 1. The molecule has 4 atom stereocenters. The van der Waals surface area contributed by atoms with Crippen LogP contribution in [0.25, 0.3) is 17.2 Å².